The van der Waals surface area contributed by atoms with Crippen molar-refractivity contribution in [2.75, 3.05) is 19.6 Å². The van der Waals surface area contributed by atoms with Crippen molar-refractivity contribution >= 4 is 23.3 Å². The number of imidazole rings is 1. The highest BCUT2D eigenvalue weighted by molar-refractivity contribution is 6.32. The molecule has 4 rings (SSSR count). The van der Waals surface area contributed by atoms with Gasteiger partial charge in [-0.15, -0.1) is 0 Å². The summed E-state index contributed by atoms with van der Waals surface area (Å²) in [5.41, 5.74) is 2.81. The molecule has 2 aromatic heterocycles. The van der Waals surface area contributed by atoms with Crippen molar-refractivity contribution in [3.63, 3.8) is 0 Å². The van der Waals surface area contributed by atoms with Gasteiger partial charge >= 0.3 is 6.03 Å². The van der Waals surface area contributed by atoms with Gasteiger partial charge < -0.3 is 15.0 Å². The van der Waals surface area contributed by atoms with E-state index in [1.807, 2.05) is 51.9 Å². The lowest BCUT2D eigenvalue weighted by Crippen LogP contribution is -2.46. The summed E-state index contributed by atoms with van der Waals surface area (Å²) in [5, 5.41) is 3.63. The molecule has 158 valence electrons. The average Bonchev–Trinajstić information content (AvgIpc) is 3.25. The van der Waals surface area contributed by atoms with Gasteiger partial charge in [-0.25, -0.2) is 9.78 Å². The van der Waals surface area contributed by atoms with E-state index < -0.39 is 0 Å². The van der Waals surface area contributed by atoms with Crippen molar-refractivity contribution in [2.45, 2.75) is 38.7 Å². The number of benzene rings is 1. The largest absolute Gasteiger partial charge is 0.490 e. The Kier molecular flexibility index (Phi) is 6.43. The molecular weight excluding hydrogens is 400 g/mol. The second-order valence-corrected chi connectivity index (χ2v) is 7.97. The number of likely N-dealkylation sites (tertiary alicyclic amines) is 1. The molecule has 0 spiro atoms. The molecule has 1 aliphatic heterocycles. The van der Waals surface area contributed by atoms with E-state index in [0.717, 1.165) is 67.8 Å². The third-order valence-corrected chi connectivity index (χ3v) is 5.89. The van der Waals surface area contributed by atoms with Crippen molar-refractivity contribution < 1.29 is 9.53 Å². The van der Waals surface area contributed by atoms with Crippen molar-refractivity contribution in [2.24, 2.45) is 0 Å². The molecule has 3 heterocycles. The van der Waals surface area contributed by atoms with Crippen LogP contribution in [-0.4, -0.2) is 46.1 Å². The highest BCUT2D eigenvalue weighted by Crippen LogP contribution is 2.30. The molecule has 3 aromatic rings. The number of carbonyl (C=O) groups is 1. The number of carbonyl (C=O) groups excluding carboxylic acids is 1. The molecular formula is C23H27ClN4O2. The standard InChI is InChI=1S/C23H27ClN4O2/c1-2-3-12-26-23(29)27-14-10-19(11-15-27)30-18-6-4-17(5-7-18)20-8-9-21-25-13-16-28(21)22(20)24/h4-9,13,16,19H,2-3,10-12,14-15H2,1H3,(H,26,29). The molecule has 1 fully saturated rings. The number of fused-ring (bicyclic) bond motifs is 1. The zero-order valence-corrected chi connectivity index (χ0v) is 17.9. The van der Waals surface area contributed by atoms with E-state index in [1.54, 1.807) is 6.20 Å². The van der Waals surface area contributed by atoms with E-state index in [9.17, 15) is 4.79 Å². The topological polar surface area (TPSA) is 58.9 Å². The van der Waals surface area contributed by atoms with Gasteiger partial charge in [-0.3, -0.25) is 4.40 Å². The van der Waals surface area contributed by atoms with Gasteiger partial charge in [-0.05, 0) is 36.2 Å². The Morgan fingerprint density at radius 1 is 1.20 bits per heavy atom. The molecule has 0 saturated carbocycles. The fourth-order valence-corrected chi connectivity index (χ4v) is 4.06. The lowest BCUT2D eigenvalue weighted by Gasteiger charge is -2.32. The van der Waals surface area contributed by atoms with Gasteiger partial charge in [0.05, 0.1) is 0 Å². The maximum absolute atomic E-state index is 12.2. The maximum atomic E-state index is 12.2. The SMILES string of the molecule is CCCCNC(=O)N1CCC(Oc2ccc(-c3ccc4nccn4c3Cl)cc2)CC1. The van der Waals surface area contributed by atoms with Gasteiger partial charge in [0.25, 0.3) is 0 Å². The van der Waals surface area contributed by atoms with Crippen LogP contribution in [0.15, 0.2) is 48.8 Å². The molecule has 1 saturated heterocycles. The van der Waals surface area contributed by atoms with Crippen molar-refractivity contribution in [3.05, 3.63) is 53.9 Å². The highest BCUT2D eigenvalue weighted by Gasteiger charge is 2.23. The predicted octanol–water partition coefficient (Wildman–Crippen LogP) is 5.01. The summed E-state index contributed by atoms with van der Waals surface area (Å²) < 4.78 is 8.02. The average molecular weight is 427 g/mol. The summed E-state index contributed by atoms with van der Waals surface area (Å²) in [5.74, 6) is 0.837. The summed E-state index contributed by atoms with van der Waals surface area (Å²) >= 11 is 6.55. The predicted molar refractivity (Wildman–Crippen MR) is 119 cm³/mol. The van der Waals surface area contributed by atoms with E-state index in [1.165, 1.54) is 0 Å². The fraction of sp³-hybridized carbons (Fsp3) is 0.391. The number of hydrogen-bond donors (Lipinski definition) is 1. The van der Waals surface area contributed by atoms with E-state index >= 15 is 0 Å². The molecule has 2 amide bonds. The smallest absolute Gasteiger partial charge is 0.317 e. The molecule has 1 aliphatic rings. The molecule has 6 nitrogen and oxygen atoms in total. The summed E-state index contributed by atoms with van der Waals surface area (Å²) in [4.78, 5) is 18.3. The first kappa shape index (κ1) is 20.5. The highest BCUT2D eigenvalue weighted by atomic mass is 35.5. The lowest BCUT2D eigenvalue weighted by molar-refractivity contribution is 0.111. The molecule has 1 N–H and O–H groups in total. The molecule has 0 radical (unpaired) electrons. The van der Waals surface area contributed by atoms with Crippen molar-refractivity contribution in [1.82, 2.24) is 19.6 Å². The Morgan fingerprint density at radius 3 is 2.70 bits per heavy atom. The van der Waals surface area contributed by atoms with Crippen LogP contribution < -0.4 is 10.1 Å². The summed E-state index contributed by atoms with van der Waals surface area (Å²) in [6.45, 7) is 4.31. The summed E-state index contributed by atoms with van der Waals surface area (Å²) in [6.07, 6.45) is 7.50. The fourth-order valence-electron chi connectivity index (χ4n) is 3.74. The number of urea groups is 1. The van der Waals surface area contributed by atoms with Gasteiger partial charge in [-0.1, -0.05) is 37.1 Å². The number of pyridine rings is 1. The van der Waals surface area contributed by atoms with Crippen molar-refractivity contribution in [3.8, 4) is 16.9 Å². The van der Waals surface area contributed by atoms with Crippen LogP contribution in [0.4, 0.5) is 4.79 Å². The molecule has 0 atom stereocenters. The minimum Gasteiger partial charge on any atom is -0.490 e. The molecule has 1 aromatic carbocycles. The van der Waals surface area contributed by atoms with Crippen LogP contribution in [0.2, 0.25) is 5.15 Å². The van der Waals surface area contributed by atoms with Gasteiger partial charge in [0.2, 0.25) is 0 Å². The van der Waals surface area contributed by atoms with Crippen LogP contribution in [0.25, 0.3) is 16.8 Å². The maximum Gasteiger partial charge on any atom is 0.317 e. The second-order valence-electron chi connectivity index (χ2n) is 7.61. The normalized spacial score (nSPS) is 14.8. The molecule has 0 bridgehead atoms. The zero-order chi connectivity index (χ0) is 20.9. The molecule has 0 aliphatic carbocycles. The third-order valence-electron chi connectivity index (χ3n) is 5.51. The first-order valence-electron chi connectivity index (χ1n) is 10.6. The lowest BCUT2D eigenvalue weighted by atomic mass is 10.1. The minimum absolute atomic E-state index is 0.0398. The van der Waals surface area contributed by atoms with E-state index in [4.69, 9.17) is 16.3 Å². The molecule has 7 heteroatoms. The number of amides is 2. The van der Waals surface area contributed by atoms with E-state index in [0.29, 0.717) is 5.15 Å². The van der Waals surface area contributed by atoms with E-state index in [2.05, 4.69) is 17.2 Å². The Labute approximate surface area is 181 Å². The second kappa shape index (κ2) is 9.39. The molecule has 0 unspecified atom stereocenters. The first-order valence-corrected chi connectivity index (χ1v) is 10.9. The first-order chi connectivity index (χ1) is 14.7. The number of nitrogens with one attached hydrogen (secondary N) is 1. The Hall–Kier alpha value is -2.73. The third kappa shape index (κ3) is 4.54. The number of piperidine rings is 1. The Morgan fingerprint density at radius 2 is 1.97 bits per heavy atom. The van der Waals surface area contributed by atoms with Crippen LogP contribution >= 0.6 is 11.6 Å². The number of nitrogens with zero attached hydrogens (tertiary/aromatic N) is 3. The minimum atomic E-state index is 0.0398. The van der Waals surface area contributed by atoms with Gasteiger partial charge in [-0.2, -0.15) is 0 Å². The zero-order valence-electron chi connectivity index (χ0n) is 17.2. The van der Waals surface area contributed by atoms with Crippen LogP contribution in [0.3, 0.4) is 0 Å². The number of unbranched alkanes of at least 4 members (excludes halogenated alkanes) is 1. The van der Waals surface area contributed by atoms with Crippen molar-refractivity contribution in [1.29, 1.82) is 0 Å². The number of halogens is 1. The van der Waals surface area contributed by atoms with E-state index in [-0.39, 0.29) is 12.1 Å². The van der Waals surface area contributed by atoms with Gasteiger partial charge in [0.1, 0.15) is 22.7 Å². The van der Waals surface area contributed by atoms with Gasteiger partial charge in [0.15, 0.2) is 0 Å². The van der Waals surface area contributed by atoms with Crippen LogP contribution in [0.1, 0.15) is 32.6 Å². The van der Waals surface area contributed by atoms with Crippen LogP contribution in [0.5, 0.6) is 5.75 Å². The Balaban J connectivity index is 1.33. The monoisotopic (exact) mass is 426 g/mol. The summed E-state index contributed by atoms with van der Waals surface area (Å²) in [6, 6.07) is 12.0. The quantitative estimate of drug-likeness (QED) is 0.445. The number of hydrogen-bond acceptors (Lipinski definition) is 3. The molecule has 30 heavy (non-hydrogen) atoms. The Bertz CT molecular complexity index is 994. The van der Waals surface area contributed by atoms with Gasteiger partial charge in [0, 0.05) is 50.4 Å². The number of aromatic nitrogens is 2. The van der Waals surface area contributed by atoms with Crippen LogP contribution in [0, 0.1) is 0 Å². The van der Waals surface area contributed by atoms with Crippen LogP contribution in [-0.2, 0) is 0 Å². The number of rotatable bonds is 6. The summed E-state index contributed by atoms with van der Waals surface area (Å²) in [7, 11) is 0. The number of ether oxygens (including phenoxy) is 1.